The number of ether oxygens (including phenoxy) is 1. The third-order valence-electron chi connectivity index (χ3n) is 5.87. The third-order valence-corrected chi connectivity index (χ3v) is 5.87. The van der Waals surface area contributed by atoms with Crippen molar-refractivity contribution < 1.29 is 9.15 Å². The highest BCUT2D eigenvalue weighted by molar-refractivity contribution is 5.79. The first-order valence-corrected chi connectivity index (χ1v) is 10.8. The third kappa shape index (κ3) is 4.04. The number of rotatable bonds is 5. The molecule has 1 unspecified atom stereocenters. The molecule has 5 rings (SSSR count). The first-order valence-electron chi connectivity index (χ1n) is 10.8. The second-order valence-electron chi connectivity index (χ2n) is 7.90. The first-order chi connectivity index (χ1) is 15.3. The summed E-state index contributed by atoms with van der Waals surface area (Å²) >= 11 is 0. The van der Waals surface area contributed by atoms with Crippen molar-refractivity contribution in [1.82, 2.24) is 4.98 Å². The Labute approximate surface area is 183 Å². The minimum absolute atomic E-state index is 0.339. The van der Waals surface area contributed by atoms with E-state index in [0.717, 1.165) is 53.5 Å². The number of aromatic nitrogens is 1. The van der Waals surface area contributed by atoms with Gasteiger partial charge in [-0.05, 0) is 37.0 Å². The maximum absolute atomic E-state index is 6.42. The van der Waals surface area contributed by atoms with Crippen LogP contribution in [0.4, 0.5) is 0 Å². The molecular formula is C28H25NO2. The van der Waals surface area contributed by atoms with Crippen LogP contribution in [0.25, 0.3) is 28.2 Å². The lowest BCUT2D eigenvalue weighted by molar-refractivity contribution is 0.414. The number of hydrogen-bond acceptors (Lipinski definition) is 3. The van der Waals surface area contributed by atoms with Crippen LogP contribution in [0.1, 0.15) is 36.6 Å². The van der Waals surface area contributed by atoms with Gasteiger partial charge in [0.15, 0.2) is 5.76 Å². The Morgan fingerprint density at radius 1 is 0.871 bits per heavy atom. The molecule has 1 aromatic heterocycles. The fourth-order valence-corrected chi connectivity index (χ4v) is 4.27. The Balaban J connectivity index is 1.57. The molecule has 0 aliphatic heterocycles. The normalized spacial score (nSPS) is 16.0. The van der Waals surface area contributed by atoms with Crippen molar-refractivity contribution in [3.05, 3.63) is 102 Å². The molecule has 0 radical (unpaired) electrons. The SMILES string of the molecule is COc1cccc(C2C=C(c3nc(-c4ccccc4)c(-c4ccccc4)o3)CCC2)c1. The second kappa shape index (κ2) is 8.65. The predicted octanol–water partition coefficient (Wildman–Crippen LogP) is 7.37. The number of benzene rings is 3. The summed E-state index contributed by atoms with van der Waals surface area (Å²) in [6.07, 6.45) is 5.53. The average molecular weight is 408 g/mol. The average Bonchev–Trinajstić information content (AvgIpc) is 3.31. The van der Waals surface area contributed by atoms with Gasteiger partial charge in [-0.2, -0.15) is 0 Å². The van der Waals surface area contributed by atoms with E-state index in [4.69, 9.17) is 14.1 Å². The molecule has 0 fully saturated rings. The Hall–Kier alpha value is -3.59. The van der Waals surface area contributed by atoms with E-state index in [1.807, 2.05) is 42.5 Å². The smallest absolute Gasteiger partial charge is 0.222 e. The molecule has 1 heterocycles. The highest BCUT2D eigenvalue weighted by Crippen LogP contribution is 2.40. The molecule has 3 heteroatoms. The molecule has 0 saturated carbocycles. The molecule has 0 N–H and O–H groups in total. The van der Waals surface area contributed by atoms with Crippen molar-refractivity contribution in [2.24, 2.45) is 0 Å². The van der Waals surface area contributed by atoms with Crippen LogP contribution in [0.5, 0.6) is 5.75 Å². The van der Waals surface area contributed by atoms with Gasteiger partial charge in [0.1, 0.15) is 11.4 Å². The fourth-order valence-electron chi connectivity index (χ4n) is 4.27. The van der Waals surface area contributed by atoms with Gasteiger partial charge in [-0.1, -0.05) is 78.9 Å². The molecule has 154 valence electrons. The standard InChI is InChI=1S/C28H25NO2/c1-30-25-17-9-15-23(19-25)22-14-8-16-24(18-22)28-29-26(20-10-4-2-5-11-20)27(31-28)21-12-6-3-7-13-21/h2-7,9-13,15,17-19,22H,8,14,16H2,1H3. The molecule has 1 atom stereocenters. The molecule has 0 bridgehead atoms. The molecule has 4 aromatic rings. The van der Waals surface area contributed by atoms with Crippen LogP contribution in [0.3, 0.4) is 0 Å². The number of methoxy groups -OCH3 is 1. The van der Waals surface area contributed by atoms with Crippen molar-refractivity contribution >= 4 is 5.57 Å². The van der Waals surface area contributed by atoms with Crippen LogP contribution in [0.15, 0.2) is 95.4 Å². The molecule has 0 amide bonds. The Bertz CT molecular complexity index is 1140. The van der Waals surface area contributed by atoms with Crippen molar-refractivity contribution in [3.8, 4) is 28.3 Å². The maximum Gasteiger partial charge on any atom is 0.222 e. The molecule has 0 saturated heterocycles. The fraction of sp³-hybridized carbons (Fsp3) is 0.179. The van der Waals surface area contributed by atoms with Crippen LogP contribution in [-0.4, -0.2) is 12.1 Å². The largest absolute Gasteiger partial charge is 0.497 e. The Morgan fingerprint density at radius 3 is 2.35 bits per heavy atom. The van der Waals surface area contributed by atoms with E-state index in [9.17, 15) is 0 Å². The van der Waals surface area contributed by atoms with E-state index in [1.165, 1.54) is 11.1 Å². The van der Waals surface area contributed by atoms with Crippen LogP contribution in [0, 0.1) is 0 Å². The zero-order valence-electron chi connectivity index (χ0n) is 17.6. The summed E-state index contributed by atoms with van der Waals surface area (Å²) in [5.74, 6) is 2.79. The van der Waals surface area contributed by atoms with Gasteiger partial charge >= 0.3 is 0 Å². The van der Waals surface area contributed by atoms with Crippen LogP contribution in [-0.2, 0) is 0 Å². The molecule has 31 heavy (non-hydrogen) atoms. The molecular weight excluding hydrogens is 382 g/mol. The number of oxazole rings is 1. The zero-order valence-corrected chi connectivity index (χ0v) is 17.6. The van der Waals surface area contributed by atoms with Gasteiger partial charge in [-0.15, -0.1) is 0 Å². The number of nitrogens with zero attached hydrogens (tertiary/aromatic N) is 1. The maximum atomic E-state index is 6.42. The summed E-state index contributed by atoms with van der Waals surface area (Å²) in [5.41, 5.74) is 5.46. The van der Waals surface area contributed by atoms with Gasteiger partial charge in [0.2, 0.25) is 5.89 Å². The summed E-state index contributed by atoms with van der Waals surface area (Å²) < 4.78 is 11.8. The molecule has 1 aliphatic carbocycles. The minimum atomic E-state index is 0.339. The second-order valence-corrected chi connectivity index (χ2v) is 7.90. The van der Waals surface area contributed by atoms with E-state index in [2.05, 4.69) is 48.5 Å². The van der Waals surface area contributed by atoms with E-state index >= 15 is 0 Å². The Kier molecular flexibility index (Phi) is 5.40. The van der Waals surface area contributed by atoms with Gasteiger partial charge < -0.3 is 9.15 Å². The summed E-state index contributed by atoms with van der Waals surface area (Å²) in [7, 11) is 1.71. The molecule has 0 spiro atoms. The number of hydrogen-bond donors (Lipinski definition) is 0. The van der Waals surface area contributed by atoms with E-state index in [1.54, 1.807) is 7.11 Å². The van der Waals surface area contributed by atoms with Crippen LogP contribution in [0.2, 0.25) is 0 Å². The Morgan fingerprint density at radius 2 is 1.61 bits per heavy atom. The van der Waals surface area contributed by atoms with Gasteiger partial charge in [0.05, 0.1) is 7.11 Å². The van der Waals surface area contributed by atoms with Crippen molar-refractivity contribution in [3.63, 3.8) is 0 Å². The quantitative estimate of drug-likeness (QED) is 0.346. The highest BCUT2D eigenvalue weighted by atomic mass is 16.5. The van der Waals surface area contributed by atoms with E-state index in [-0.39, 0.29) is 0 Å². The van der Waals surface area contributed by atoms with Crippen LogP contribution >= 0.6 is 0 Å². The molecule has 1 aliphatic rings. The minimum Gasteiger partial charge on any atom is -0.497 e. The highest BCUT2D eigenvalue weighted by Gasteiger charge is 2.23. The molecule has 3 nitrogen and oxygen atoms in total. The monoisotopic (exact) mass is 407 g/mol. The van der Waals surface area contributed by atoms with Gasteiger partial charge in [0, 0.05) is 22.6 Å². The van der Waals surface area contributed by atoms with E-state index < -0.39 is 0 Å². The van der Waals surface area contributed by atoms with Crippen molar-refractivity contribution in [2.75, 3.05) is 7.11 Å². The summed E-state index contributed by atoms with van der Waals surface area (Å²) in [4.78, 5) is 4.98. The zero-order chi connectivity index (χ0) is 21.0. The summed E-state index contributed by atoms with van der Waals surface area (Å²) in [5, 5.41) is 0. The van der Waals surface area contributed by atoms with Gasteiger partial charge in [0.25, 0.3) is 0 Å². The van der Waals surface area contributed by atoms with Crippen LogP contribution < -0.4 is 4.74 Å². The lowest BCUT2D eigenvalue weighted by Gasteiger charge is -2.20. The van der Waals surface area contributed by atoms with Crippen molar-refractivity contribution in [2.45, 2.75) is 25.2 Å². The number of allylic oxidation sites excluding steroid dienone is 2. The van der Waals surface area contributed by atoms with Crippen molar-refractivity contribution in [1.29, 1.82) is 0 Å². The lowest BCUT2D eigenvalue weighted by Crippen LogP contribution is -2.03. The summed E-state index contributed by atoms with van der Waals surface area (Å²) in [6, 6.07) is 28.9. The molecule has 3 aromatic carbocycles. The first kappa shape index (κ1) is 19.4. The van der Waals surface area contributed by atoms with Gasteiger partial charge in [-0.25, -0.2) is 4.98 Å². The predicted molar refractivity (Wildman–Crippen MR) is 125 cm³/mol. The van der Waals surface area contributed by atoms with E-state index in [0.29, 0.717) is 5.92 Å². The topological polar surface area (TPSA) is 35.3 Å². The lowest BCUT2D eigenvalue weighted by atomic mass is 9.85. The summed E-state index contributed by atoms with van der Waals surface area (Å²) in [6.45, 7) is 0. The van der Waals surface area contributed by atoms with Gasteiger partial charge in [-0.3, -0.25) is 0 Å².